The van der Waals surface area contributed by atoms with Gasteiger partial charge < -0.3 is 10.6 Å². The number of carbonyl (C=O) groups is 2. The number of piperazine rings is 1. The average molecular weight is 295 g/mol. The van der Waals surface area contributed by atoms with E-state index in [9.17, 15) is 14.0 Å². The van der Waals surface area contributed by atoms with Crippen molar-refractivity contribution in [2.24, 2.45) is 5.73 Å². The standard InChI is InChI=1S/C13H14FN3O2S/c1-2-8-13(19)16-10(18)6-17(8)9-5-3-4-7(14)11(9)12(15)20/h3-5,8H,2,6H2,1H3,(H2,15,20)(H,16,18,19). The normalized spacial score (nSPS) is 18.9. The summed E-state index contributed by atoms with van der Waals surface area (Å²) in [5, 5.41) is 2.27. The molecule has 0 bridgehead atoms. The van der Waals surface area contributed by atoms with Crippen LogP contribution in [0, 0.1) is 5.82 Å². The van der Waals surface area contributed by atoms with E-state index < -0.39 is 23.7 Å². The zero-order chi connectivity index (χ0) is 14.9. The Morgan fingerprint density at radius 2 is 2.25 bits per heavy atom. The first kappa shape index (κ1) is 14.4. The number of hydrogen-bond donors (Lipinski definition) is 2. The van der Waals surface area contributed by atoms with Gasteiger partial charge in [-0.3, -0.25) is 14.9 Å². The summed E-state index contributed by atoms with van der Waals surface area (Å²) in [6.45, 7) is 1.77. The van der Waals surface area contributed by atoms with Crippen LogP contribution in [0.2, 0.25) is 0 Å². The minimum Gasteiger partial charge on any atom is -0.389 e. The van der Waals surface area contributed by atoms with Gasteiger partial charge in [0.15, 0.2) is 0 Å². The molecule has 1 unspecified atom stereocenters. The molecule has 106 valence electrons. The highest BCUT2D eigenvalue weighted by molar-refractivity contribution is 7.80. The summed E-state index contributed by atoms with van der Waals surface area (Å²) in [4.78, 5) is 24.8. The van der Waals surface area contributed by atoms with Crippen LogP contribution in [0.5, 0.6) is 0 Å². The van der Waals surface area contributed by atoms with E-state index in [1.54, 1.807) is 11.0 Å². The quantitative estimate of drug-likeness (QED) is 0.634. The number of halogens is 1. The van der Waals surface area contributed by atoms with Crippen LogP contribution in [0.1, 0.15) is 18.9 Å². The lowest BCUT2D eigenvalue weighted by Gasteiger charge is -2.36. The maximum atomic E-state index is 13.9. The average Bonchev–Trinajstić information content (AvgIpc) is 2.37. The van der Waals surface area contributed by atoms with Gasteiger partial charge in [0.2, 0.25) is 11.8 Å². The smallest absolute Gasteiger partial charge is 0.249 e. The minimum atomic E-state index is -0.566. The van der Waals surface area contributed by atoms with Crippen molar-refractivity contribution >= 4 is 34.7 Å². The Labute approximate surface area is 120 Å². The van der Waals surface area contributed by atoms with Gasteiger partial charge in [-0.1, -0.05) is 25.2 Å². The van der Waals surface area contributed by atoms with Crippen LogP contribution in [-0.2, 0) is 9.59 Å². The number of benzene rings is 1. The Hall–Kier alpha value is -2.02. The molecule has 1 fully saturated rings. The highest BCUT2D eigenvalue weighted by Crippen LogP contribution is 2.27. The van der Waals surface area contributed by atoms with Crippen molar-refractivity contribution < 1.29 is 14.0 Å². The summed E-state index contributed by atoms with van der Waals surface area (Å²) < 4.78 is 13.9. The molecule has 5 nitrogen and oxygen atoms in total. The predicted octanol–water partition coefficient (Wildman–Crippen LogP) is 0.701. The maximum absolute atomic E-state index is 13.9. The highest BCUT2D eigenvalue weighted by atomic mass is 32.1. The number of nitrogens with one attached hydrogen (secondary N) is 1. The topological polar surface area (TPSA) is 75.4 Å². The van der Waals surface area contributed by atoms with Crippen molar-refractivity contribution in [2.45, 2.75) is 19.4 Å². The largest absolute Gasteiger partial charge is 0.389 e. The maximum Gasteiger partial charge on any atom is 0.249 e. The van der Waals surface area contributed by atoms with Crippen LogP contribution in [0.25, 0.3) is 0 Å². The summed E-state index contributed by atoms with van der Waals surface area (Å²) in [6.07, 6.45) is 0.479. The zero-order valence-corrected chi connectivity index (χ0v) is 11.7. The van der Waals surface area contributed by atoms with E-state index >= 15 is 0 Å². The fourth-order valence-corrected chi connectivity index (χ4v) is 2.52. The zero-order valence-electron chi connectivity index (χ0n) is 10.9. The Kier molecular flexibility index (Phi) is 3.99. The second-order valence-corrected chi connectivity index (χ2v) is 4.90. The molecule has 0 saturated carbocycles. The van der Waals surface area contributed by atoms with Gasteiger partial charge in [-0.25, -0.2) is 4.39 Å². The van der Waals surface area contributed by atoms with E-state index in [0.717, 1.165) is 0 Å². The molecule has 3 N–H and O–H groups in total. The van der Waals surface area contributed by atoms with Crippen molar-refractivity contribution in [1.82, 2.24) is 5.32 Å². The van der Waals surface area contributed by atoms with E-state index in [1.807, 2.05) is 6.92 Å². The molecule has 2 amide bonds. The SMILES string of the molecule is CCC1C(=O)NC(=O)CN1c1cccc(F)c1C(N)=S. The molecule has 1 atom stereocenters. The lowest BCUT2D eigenvalue weighted by atomic mass is 10.0. The van der Waals surface area contributed by atoms with Gasteiger partial charge in [0.1, 0.15) is 16.8 Å². The van der Waals surface area contributed by atoms with Crippen LogP contribution in [0.3, 0.4) is 0 Å². The monoisotopic (exact) mass is 295 g/mol. The molecule has 1 aliphatic rings. The molecule has 1 aromatic carbocycles. The van der Waals surface area contributed by atoms with Crippen molar-refractivity contribution in [3.63, 3.8) is 0 Å². The summed E-state index contributed by atoms with van der Waals surface area (Å²) in [7, 11) is 0. The molecule has 0 spiro atoms. The van der Waals surface area contributed by atoms with Crippen LogP contribution in [0.4, 0.5) is 10.1 Å². The number of anilines is 1. The molecule has 7 heteroatoms. The summed E-state index contributed by atoms with van der Waals surface area (Å²) in [6, 6.07) is 3.79. The molecule has 1 heterocycles. The summed E-state index contributed by atoms with van der Waals surface area (Å²) >= 11 is 4.87. The van der Waals surface area contributed by atoms with Crippen LogP contribution in [0.15, 0.2) is 18.2 Å². The lowest BCUT2D eigenvalue weighted by Crippen LogP contribution is -2.58. The minimum absolute atomic E-state index is 0.0384. The number of nitrogens with zero attached hydrogens (tertiary/aromatic N) is 1. The molecule has 2 rings (SSSR count). The number of imide groups is 1. The van der Waals surface area contributed by atoms with Crippen LogP contribution >= 0.6 is 12.2 Å². The van der Waals surface area contributed by atoms with Crippen molar-refractivity contribution in [3.8, 4) is 0 Å². The van der Waals surface area contributed by atoms with Gasteiger partial charge in [0, 0.05) is 0 Å². The second-order valence-electron chi connectivity index (χ2n) is 4.46. The Morgan fingerprint density at radius 3 is 2.85 bits per heavy atom. The molecule has 1 aliphatic heterocycles. The number of nitrogens with two attached hydrogens (primary N) is 1. The predicted molar refractivity (Wildman–Crippen MR) is 76.9 cm³/mol. The van der Waals surface area contributed by atoms with Crippen LogP contribution < -0.4 is 16.0 Å². The summed E-state index contributed by atoms with van der Waals surface area (Å²) in [5.74, 6) is -1.40. The highest BCUT2D eigenvalue weighted by Gasteiger charge is 2.34. The van der Waals surface area contributed by atoms with E-state index in [2.05, 4.69) is 5.32 Å². The third kappa shape index (κ3) is 2.49. The second kappa shape index (κ2) is 5.54. The number of rotatable bonds is 3. The number of thiocarbonyl (C=S) groups is 1. The fraction of sp³-hybridized carbons (Fsp3) is 0.308. The third-order valence-corrected chi connectivity index (χ3v) is 3.39. The van der Waals surface area contributed by atoms with Gasteiger partial charge in [-0.15, -0.1) is 0 Å². The van der Waals surface area contributed by atoms with Crippen molar-refractivity contribution in [2.75, 3.05) is 11.4 Å². The van der Waals surface area contributed by atoms with Gasteiger partial charge >= 0.3 is 0 Å². The molecule has 0 aromatic heterocycles. The first-order valence-corrected chi connectivity index (χ1v) is 6.55. The van der Waals surface area contributed by atoms with Gasteiger partial charge in [0.25, 0.3) is 0 Å². The third-order valence-electron chi connectivity index (χ3n) is 3.19. The van der Waals surface area contributed by atoms with Crippen LogP contribution in [-0.4, -0.2) is 29.4 Å². The molecular formula is C13H14FN3O2S. The van der Waals surface area contributed by atoms with Gasteiger partial charge in [-0.05, 0) is 18.6 Å². The molecule has 1 saturated heterocycles. The lowest BCUT2D eigenvalue weighted by molar-refractivity contribution is -0.132. The van der Waals surface area contributed by atoms with Gasteiger partial charge in [0.05, 0.1) is 17.8 Å². The molecule has 1 aromatic rings. The van der Waals surface area contributed by atoms with E-state index in [1.165, 1.54) is 12.1 Å². The van der Waals surface area contributed by atoms with E-state index in [0.29, 0.717) is 12.1 Å². The summed E-state index contributed by atoms with van der Waals surface area (Å²) in [5.41, 5.74) is 5.98. The number of carbonyl (C=O) groups excluding carboxylic acids is 2. The Bertz CT molecular complexity index is 591. The van der Waals surface area contributed by atoms with Gasteiger partial charge in [-0.2, -0.15) is 0 Å². The van der Waals surface area contributed by atoms with Crippen molar-refractivity contribution in [3.05, 3.63) is 29.6 Å². The Morgan fingerprint density at radius 1 is 1.55 bits per heavy atom. The van der Waals surface area contributed by atoms with E-state index in [-0.39, 0.29) is 17.1 Å². The fourth-order valence-electron chi connectivity index (χ4n) is 2.32. The number of amides is 2. The first-order valence-electron chi connectivity index (χ1n) is 6.14. The number of hydrogen-bond acceptors (Lipinski definition) is 4. The molecular weight excluding hydrogens is 281 g/mol. The first-order chi connectivity index (χ1) is 9.45. The van der Waals surface area contributed by atoms with Crippen molar-refractivity contribution in [1.29, 1.82) is 0 Å². The van der Waals surface area contributed by atoms with E-state index in [4.69, 9.17) is 18.0 Å². The molecule has 0 radical (unpaired) electrons. The molecule has 0 aliphatic carbocycles. The molecule has 20 heavy (non-hydrogen) atoms. The Balaban J connectivity index is 2.53.